The first-order valence-corrected chi connectivity index (χ1v) is 9.37. The summed E-state index contributed by atoms with van der Waals surface area (Å²) < 4.78 is 7.87. The second-order valence-corrected chi connectivity index (χ2v) is 7.11. The summed E-state index contributed by atoms with van der Waals surface area (Å²) in [5.74, 6) is 0.808. The highest BCUT2D eigenvalue weighted by molar-refractivity contribution is 6.35. The van der Waals surface area contributed by atoms with Crippen molar-refractivity contribution in [1.82, 2.24) is 9.47 Å². The molecule has 0 saturated carbocycles. The molecular formula is C19H22Cl2N2O2. The van der Waals surface area contributed by atoms with E-state index in [1.807, 2.05) is 17.0 Å². The van der Waals surface area contributed by atoms with Gasteiger partial charge in [0, 0.05) is 43.0 Å². The zero-order valence-electron chi connectivity index (χ0n) is 14.0. The van der Waals surface area contributed by atoms with Crippen LogP contribution in [0.4, 0.5) is 0 Å². The van der Waals surface area contributed by atoms with Crippen LogP contribution in [-0.4, -0.2) is 35.1 Å². The smallest absolute Gasteiger partial charge is 0.222 e. The Bertz CT molecular complexity index is 695. The number of hydrogen-bond acceptors (Lipinski definition) is 2. The summed E-state index contributed by atoms with van der Waals surface area (Å²) >= 11 is 11.9. The summed E-state index contributed by atoms with van der Waals surface area (Å²) in [6, 6.07) is 9.74. The molecule has 2 aromatic rings. The molecule has 0 bridgehead atoms. The van der Waals surface area contributed by atoms with Crippen LogP contribution in [0.25, 0.3) is 0 Å². The van der Waals surface area contributed by atoms with Crippen molar-refractivity contribution < 1.29 is 9.53 Å². The van der Waals surface area contributed by atoms with E-state index in [4.69, 9.17) is 27.9 Å². The van der Waals surface area contributed by atoms with Crippen molar-refractivity contribution in [3.05, 3.63) is 52.8 Å². The van der Waals surface area contributed by atoms with Crippen LogP contribution in [0.5, 0.6) is 5.75 Å². The molecule has 0 N–H and O–H groups in total. The van der Waals surface area contributed by atoms with Crippen molar-refractivity contribution in [3.8, 4) is 5.75 Å². The predicted octanol–water partition coefficient (Wildman–Crippen LogP) is 4.82. The molecule has 1 fully saturated rings. The lowest BCUT2D eigenvalue weighted by Gasteiger charge is -2.33. The third-order valence-electron chi connectivity index (χ3n) is 4.55. The van der Waals surface area contributed by atoms with Crippen LogP contribution in [0, 0.1) is 0 Å². The van der Waals surface area contributed by atoms with Crippen molar-refractivity contribution in [3.63, 3.8) is 0 Å². The van der Waals surface area contributed by atoms with Gasteiger partial charge in [-0.2, -0.15) is 0 Å². The van der Waals surface area contributed by atoms with Crippen LogP contribution in [0.1, 0.15) is 31.7 Å². The van der Waals surface area contributed by atoms with E-state index in [1.165, 1.54) is 0 Å². The maximum atomic E-state index is 12.3. The Balaban J connectivity index is 1.37. The van der Waals surface area contributed by atoms with Crippen LogP contribution in [0.3, 0.4) is 0 Å². The normalized spacial score (nSPS) is 15.4. The fraction of sp³-hybridized carbons (Fsp3) is 0.421. The lowest BCUT2D eigenvalue weighted by molar-refractivity contribution is -0.132. The molecule has 6 heteroatoms. The minimum absolute atomic E-state index is 0.205. The van der Waals surface area contributed by atoms with E-state index in [2.05, 4.69) is 17.0 Å². The van der Waals surface area contributed by atoms with Crippen LogP contribution >= 0.6 is 23.2 Å². The Morgan fingerprint density at radius 3 is 2.56 bits per heavy atom. The Labute approximate surface area is 158 Å². The zero-order chi connectivity index (χ0) is 17.6. The molecule has 1 saturated heterocycles. The summed E-state index contributed by atoms with van der Waals surface area (Å²) in [5.41, 5.74) is 0. The molecule has 134 valence electrons. The van der Waals surface area contributed by atoms with Gasteiger partial charge >= 0.3 is 0 Å². The van der Waals surface area contributed by atoms with Crippen LogP contribution < -0.4 is 4.74 Å². The highest BCUT2D eigenvalue weighted by Crippen LogP contribution is 2.27. The highest BCUT2D eigenvalue weighted by atomic mass is 35.5. The van der Waals surface area contributed by atoms with Gasteiger partial charge in [0.25, 0.3) is 0 Å². The zero-order valence-corrected chi connectivity index (χ0v) is 15.5. The fourth-order valence-corrected chi connectivity index (χ4v) is 3.62. The molecule has 0 aliphatic carbocycles. The standard InChI is InChI=1S/C19H22Cl2N2O2/c20-15-5-6-18(17(21)14-15)25-13-3-4-19(24)23-11-7-16(8-12-23)22-9-1-2-10-22/h1-2,5-6,9-10,14,16H,3-4,7-8,11-13H2. The Kier molecular flexibility index (Phi) is 6.27. The fourth-order valence-electron chi connectivity index (χ4n) is 3.16. The molecule has 0 unspecified atom stereocenters. The number of ether oxygens (including phenoxy) is 1. The van der Waals surface area contributed by atoms with Gasteiger partial charge in [0.1, 0.15) is 5.75 Å². The average Bonchev–Trinajstić information content (AvgIpc) is 3.15. The number of nitrogens with zero attached hydrogens (tertiary/aromatic N) is 2. The molecule has 1 amide bonds. The van der Waals surface area contributed by atoms with Crippen LogP contribution in [-0.2, 0) is 4.79 Å². The lowest BCUT2D eigenvalue weighted by atomic mass is 10.0. The van der Waals surface area contributed by atoms with E-state index in [1.54, 1.807) is 18.2 Å². The van der Waals surface area contributed by atoms with E-state index in [0.717, 1.165) is 25.9 Å². The average molecular weight is 381 g/mol. The first-order chi connectivity index (χ1) is 12.1. The SMILES string of the molecule is O=C(CCCOc1ccc(Cl)cc1Cl)N1CCC(n2cccc2)CC1. The lowest BCUT2D eigenvalue weighted by Crippen LogP contribution is -2.38. The first kappa shape index (κ1) is 18.2. The first-order valence-electron chi connectivity index (χ1n) is 8.61. The summed E-state index contributed by atoms with van der Waals surface area (Å²) in [6.45, 7) is 2.12. The van der Waals surface area contributed by atoms with Gasteiger partial charge in [-0.05, 0) is 49.6 Å². The van der Waals surface area contributed by atoms with Crippen LogP contribution in [0.15, 0.2) is 42.7 Å². The number of carbonyl (C=O) groups excluding carboxylic acids is 1. The van der Waals surface area contributed by atoms with Gasteiger partial charge < -0.3 is 14.2 Å². The number of likely N-dealkylation sites (tertiary alicyclic amines) is 1. The molecule has 3 rings (SSSR count). The van der Waals surface area contributed by atoms with E-state index >= 15 is 0 Å². The largest absolute Gasteiger partial charge is 0.492 e. The van der Waals surface area contributed by atoms with Crippen molar-refractivity contribution in [1.29, 1.82) is 0 Å². The minimum Gasteiger partial charge on any atom is -0.492 e. The molecule has 1 aliphatic rings. The van der Waals surface area contributed by atoms with Crippen molar-refractivity contribution >= 4 is 29.1 Å². The van der Waals surface area contributed by atoms with Crippen molar-refractivity contribution in [2.45, 2.75) is 31.7 Å². The Morgan fingerprint density at radius 2 is 1.88 bits per heavy atom. The molecule has 1 aliphatic heterocycles. The van der Waals surface area contributed by atoms with E-state index in [9.17, 15) is 4.79 Å². The van der Waals surface area contributed by atoms with Gasteiger partial charge in [-0.1, -0.05) is 23.2 Å². The summed E-state index contributed by atoms with van der Waals surface area (Å²) in [7, 11) is 0. The predicted molar refractivity (Wildman–Crippen MR) is 100 cm³/mol. The number of hydrogen-bond donors (Lipinski definition) is 0. The molecular weight excluding hydrogens is 359 g/mol. The molecule has 0 atom stereocenters. The van der Waals surface area contributed by atoms with E-state index in [-0.39, 0.29) is 5.91 Å². The van der Waals surface area contributed by atoms with Gasteiger partial charge in [-0.3, -0.25) is 4.79 Å². The molecule has 1 aromatic heterocycles. The molecule has 0 radical (unpaired) electrons. The topological polar surface area (TPSA) is 34.5 Å². The van der Waals surface area contributed by atoms with Gasteiger partial charge in [-0.15, -0.1) is 0 Å². The van der Waals surface area contributed by atoms with Gasteiger partial charge in [0.15, 0.2) is 0 Å². The molecule has 4 nitrogen and oxygen atoms in total. The molecule has 2 heterocycles. The third-order valence-corrected chi connectivity index (χ3v) is 5.08. The summed E-state index contributed by atoms with van der Waals surface area (Å²) in [4.78, 5) is 14.3. The van der Waals surface area contributed by atoms with E-state index in [0.29, 0.717) is 41.3 Å². The summed E-state index contributed by atoms with van der Waals surface area (Å²) in [6.07, 6.45) is 7.39. The third kappa shape index (κ3) is 4.93. The maximum Gasteiger partial charge on any atom is 0.222 e. The van der Waals surface area contributed by atoms with Gasteiger partial charge in [-0.25, -0.2) is 0 Å². The van der Waals surface area contributed by atoms with Crippen LogP contribution in [0.2, 0.25) is 10.0 Å². The Morgan fingerprint density at radius 1 is 1.16 bits per heavy atom. The number of benzene rings is 1. The second-order valence-electron chi connectivity index (χ2n) is 6.27. The van der Waals surface area contributed by atoms with Gasteiger partial charge in [0.2, 0.25) is 5.91 Å². The van der Waals surface area contributed by atoms with Gasteiger partial charge in [0.05, 0.1) is 11.6 Å². The minimum atomic E-state index is 0.205. The monoisotopic (exact) mass is 380 g/mol. The number of amides is 1. The number of halogens is 2. The summed E-state index contributed by atoms with van der Waals surface area (Å²) in [5, 5.41) is 1.07. The molecule has 25 heavy (non-hydrogen) atoms. The number of piperidine rings is 1. The number of aromatic nitrogens is 1. The van der Waals surface area contributed by atoms with E-state index < -0.39 is 0 Å². The maximum absolute atomic E-state index is 12.3. The van der Waals surface area contributed by atoms with Crippen molar-refractivity contribution in [2.75, 3.05) is 19.7 Å². The second kappa shape index (κ2) is 8.63. The molecule has 1 aromatic carbocycles. The quantitative estimate of drug-likeness (QED) is 0.673. The van der Waals surface area contributed by atoms with Crippen molar-refractivity contribution in [2.24, 2.45) is 0 Å². The number of rotatable bonds is 6. The molecule has 0 spiro atoms. The highest BCUT2D eigenvalue weighted by Gasteiger charge is 2.22. The Hall–Kier alpha value is -1.65. The number of carbonyl (C=O) groups is 1.